The number of carbonyl (C=O) groups excluding carboxylic acids is 1. The summed E-state index contributed by atoms with van der Waals surface area (Å²) < 4.78 is 6.25. The van der Waals surface area contributed by atoms with Crippen LogP contribution in [0.4, 0.5) is 0 Å². The number of methoxy groups -OCH3 is 1. The number of ether oxygens (including phenoxy) is 1. The molecule has 3 nitrogen and oxygen atoms in total. The van der Waals surface area contributed by atoms with E-state index in [2.05, 4.69) is 15.9 Å². The molecule has 0 N–H and O–H groups in total. The van der Waals surface area contributed by atoms with E-state index in [0.717, 1.165) is 31.8 Å². The van der Waals surface area contributed by atoms with Crippen molar-refractivity contribution < 1.29 is 14.6 Å². The van der Waals surface area contributed by atoms with Crippen molar-refractivity contribution in [2.75, 3.05) is 7.11 Å². The Bertz CT molecular complexity index is 1220. The van der Waals surface area contributed by atoms with Crippen LogP contribution in [0.2, 0.25) is 0 Å². The maximum Gasteiger partial charge on any atom is 0.119 e. The minimum atomic E-state index is -1.27. The van der Waals surface area contributed by atoms with Gasteiger partial charge in [-0.3, -0.25) is 0 Å². The van der Waals surface area contributed by atoms with Gasteiger partial charge in [-0.2, -0.15) is 0 Å². The highest BCUT2D eigenvalue weighted by atomic mass is 79.9. The Morgan fingerprint density at radius 1 is 0.893 bits per heavy atom. The number of hydrogen-bond donors (Lipinski definition) is 0. The lowest BCUT2D eigenvalue weighted by molar-refractivity contribution is -0.311. The molecule has 0 saturated heterocycles. The minimum Gasteiger partial charge on any atom is -0.549 e. The van der Waals surface area contributed by atoms with E-state index >= 15 is 0 Å². The molecule has 28 heavy (non-hydrogen) atoms. The molecule has 1 atom stereocenters. The van der Waals surface area contributed by atoms with Crippen molar-refractivity contribution in [1.29, 1.82) is 0 Å². The van der Waals surface area contributed by atoms with Crippen LogP contribution in [0.5, 0.6) is 5.75 Å². The number of benzene rings is 4. The molecule has 1 unspecified atom stereocenters. The Labute approximate surface area is 171 Å². The van der Waals surface area contributed by atoms with Crippen molar-refractivity contribution in [3.8, 4) is 5.75 Å². The van der Waals surface area contributed by atoms with E-state index in [4.69, 9.17) is 4.74 Å². The summed E-state index contributed by atoms with van der Waals surface area (Å²) in [5.41, 5.74) is 0.0930. The quantitative estimate of drug-likeness (QED) is 0.463. The molecule has 0 bridgehead atoms. The third-order valence-corrected chi connectivity index (χ3v) is 6.13. The lowest BCUT2D eigenvalue weighted by atomic mass is 9.75. The molecular formula is C24H18BrO3-. The molecule has 4 aromatic rings. The zero-order chi connectivity index (χ0) is 19.9. The highest BCUT2D eigenvalue weighted by molar-refractivity contribution is 9.10. The van der Waals surface area contributed by atoms with Crippen LogP contribution < -0.4 is 9.84 Å². The second-order valence-corrected chi connectivity index (χ2v) is 7.87. The van der Waals surface area contributed by atoms with E-state index in [9.17, 15) is 9.90 Å². The van der Waals surface area contributed by atoms with E-state index in [-0.39, 0.29) is 0 Å². The molecule has 0 aliphatic rings. The maximum absolute atomic E-state index is 12.3. The van der Waals surface area contributed by atoms with Gasteiger partial charge in [0, 0.05) is 4.47 Å². The molecule has 0 aromatic heterocycles. The summed E-state index contributed by atoms with van der Waals surface area (Å²) >= 11 is 3.55. The molecule has 4 rings (SSSR count). The van der Waals surface area contributed by atoms with Gasteiger partial charge in [0.15, 0.2) is 0 Å². The van der Waals surface area contributed by atoms with E-state index in [1.54, 1.807) is 14.0 Å². The number of rotatable bonds is 4. The van der Waals surface area contributed by atoms with Gasteiger partial charge in [-0.05, 0) is 69.9 Å². The number of carboxylic acid groups (broad SMARTS) is 1. The number of carbonyl (C=O) groups is 1. The largest absolute Gasteiger partial charge is 0.549 e. The summed E-state index contributed by atoms with van der Waals surface area (Å²) in [5, 5.41) is 16.3. The minimum absolute atomic E-state index is 0.680. The van der Waals surface area contributed by atoms with Gasteiger partial charge in [0.2, 0.25) is 0 Å². The second kappa shape index (κ2) is 6.95. The Morgan fingerprint density at radius 2 is 1.54 bits per heavy atom. The molecule has 140 valence electrons. The molecule has 0 aliphatic carbocycles. The molecular weight excluding hydrogens is 416 g/mol. The van der Waals surface area contributed by atoms with Gasteiger partial charge in [0.25, 0.3) is 0 Å². The van der Waals surface area contributed by atoms with Crippen molar-refractivity contribution in [2.24, 2.45) is 0 Å². The smallest absolute Gasteiger partial charge is 0.119 e. The molecule has 0 fully saturated rings. The predicted molar refractivity (Wildman–Crippen MR) is 114 cm³/mol. The normalized spacial score (nSPS) is 13.4. The van der Waals surface area contributed by atoms with Crippen LogP contribution in [0, 0.1) is 0 Å². The summed E-state index contributed by atoms with van der Waals surface area (Å²) in [7, 11) is 1.63. The van der Waals surface area contributed by atoms with Gasteiger partial charge in [-0.1, -0.05) is 58.4 Å². The first-order valence-corrected chi connectivity index (χ1v) is 9.71. The van der Waals surface area contributed by atoms with Crippen molar-refractivity contribution in [1.82, 2.24) is 0 Å². The van der Waals surface area contributed by atoms with Crippen LogP contribution in [0.1, 0.15) is 18.1 Å². The zero-order valence-corrected chi connectivity index (χ0v) is 17.1. The first-order chi connectivity index (χ1) is 13.4. The average Bonchev–Trinajstić information content (AvgIpc) is 2.72. The first-order valence-electron chi connectivity index (χ1n) is 8.92. The Morgan fingerprint density at radius 3 is 2.25 bits per heavy atom. The molecule has 0 heterocycles. The molecule has 0 amide bonds. The molecule has 4 aromatic carbocycles. The molecule has 0 radical (unpaired) electrons. The number of carboxylic acids is 1. The van der Waals surface area contributed by atoms with Crippen molar-refractivity contribution in [2.45, 2.75) is 12.3 Å². The van der Waals surface area contributed by atoms with Crippen molar-refractivity contribution in [3.05, 3.63) is 88.4 Å². The lowest BCUT2D eigenvalue weighted by Crippen LogP contribution is -2.44. The number of hydrogen-bond acceptors (Lipinski definition) is 3. The second-order valence-electron chi connectivity index (χ2n) is 7.02. The van der Waals surface area contributed by atoms with Crippen LogP contribution in [0.3, 0.4) is 0 Å². The number of halogens is 1. The summed E-state index contributed by atoms with van der Waals surface area (Å²) in [4.78, 5) is 12.3. The lowest BCUT2D eigenvalue weighted by Gasteiger charge is -2.32. The zero-order valence-electron chi connectivity index (χ0n) is 15.5. The Balaban J connectivity index is 1.90. The highest BCUT2D eigenvalue weighted by Gasteiger charge is 2.31. The fraction of sp³-hybridized carbons (Fsp3) is 0.125. The number of fused-ring (bicyclic) bond motifs is 2. The summed E-state index contributed by atoms with van der Waals surface area (Å²) in [5.74, 6) is -0.363. The monoisotopic (exact) mass is 433 g/mol. The van der Waals surface area contributed by atoms with Crippen LogP contribution in [-0.4, -0.2) is 13.1 Å². The van der Waals surface area contributed by atoms with E-state index in [0.29, 0.717) is 11.1 Å². The summed E-state index contributed by atoms with van der Waals surface area (Å²) in [6.45, 7) is 1.70. The molecule has 0 spiro atoms. The third-order valence-electron chi connectivity index (χ3n) is 5.44. The average molecular weight is 434 g/mol. The molecule has 4 heteroatoms. The van der Waals surface area contributed by atoms with Crippen molar-refractivity contribution in [3.63, 3.8) is 0 Å². The van der Waals surface area contributed by atoms with Crippen LogP contribution in [-0.2, 0) is 10.2 Å². The maximum atomic E-state index is 12.3. The van der Waals surface area contributed by atoms with Crippen LogP contribution >= 0.6 is 15.9 Å². The summed E-state index contributed by atoms with van der Waals surface area (Å²) in [6.07, 6.45) is 0. The van der Waals surface area contributed by atoms with Gasteiger partial charge in [-0.15, -0.1) is 0 Å². The number of aliphatic carboxylic acids is 1. The van der Waals surface area contributed by atoms with Crippen molar-refractivity contribution >= 4 is 43.4 Å². The highest BCUT2D eigenvalue weighted by Crippen LogP contribution is 2.36. The SMILES string of the molecule is COc1ccc2cc(C(C)(C(=O)[O-])c3ccc4c(Br)cccc4c3)ccc2c1. The third kappa shape index (κ3) is 2.94. The first kappa shape index (κ1) is 18.5. The van der Waals surface area contributed by atoms with E-state index in [1.807, 2.05) is 72.8 Å². The van der Waals surface area contributed by atoms with Gasteiger partial charge in [0.1, 0.15) is 5.75 Å². The van der Waals surface area contributed by atoms with Gasteiger partial charge in [0.05, 0.1) is 18.5 Å². The van der Waals surface area contributed by atoms with Crippen LogP contribution in [0.15, 0.2) is 77.3 Å². The summed E-state index contributed by atoms with van der Waals surface area (Å²) in [6, 6.07) is 23.0. The fourth-order valence-corrected chi connectivity index (χ4v) is 4.13. The van der Waals surface area contributed by atoms with Crippen LogP contribution in [0.25, 0.3) is 21.5 Å². The van der Waals surface area contributed by atoms with Gasteiger partial charge < -0.3 is 14.6 Å². The molecule has 0 saturated carbocycles. The fourth-order valence-electron chi connectivity index (χ4n) is 3.62. The standard InChI is InChI=1S/C24H19BrO3/c1-24(23(26)27,19-9-11-21-17(13-19)4-3-5-22(21)25)18-8-6-16-14-20(28-2)10-7-15(16)12-18/h3-14H,1-2H3,(H,26,27)/p-1. The van der Waals surface area contributed by atoms with E-state index < -0.39 is 11.4 Å². The Kier molecular flexibility index (Phi) is 4.60. The van der Waals surface area contributed by atoms with E-state index in [1.165, 1.54) is 0 Å². The molecule has 0 aliphatic heterocycles. The van der Waals surface area contributed by atoms with Gasteiger partial charge >= 0.3 is 0 Å². The van der Waals surface area contributed by atoms with Gasteiger partial charge in [-0.25, -0.2) is 0 Å². The topological polar surface area (TPSA) is 49.4 Å². The predicted octanol–water partition coefficient (Wildman–Crippen LogP) is 4.82. The Hall–Kier alpha value is -2.85.